The van der Waals surface area contributed by atoms with Crippen molar-refractivity contribution in [2.75, 3.05) is 6.54 Å². The van der Waals surface area contributed by atoms with Crippen LogP contribution in [0.4, 0.5) is 0 Å². The standard InChI is InChI=1S/C44H58N4O7/c1-44(2,3)46-42(52)38-22-21-31-10-4-5-14-37(31)48(38)27-36-25-39(32-19-17-29(28-49)18-20-32)55-43(54-36)35-13-7-12-34(24-35)33-11-6-9-30(23-33)26-45-40(50)15-8-16-41(51)47-53/h6-7,9,11-13,17-20,23-24,31,36-39,43,49,53H,4-5,8,10,14-16,21-22,25-28H2,1-3H3,(H,45,50)(H,46,52)(H,47,51). The molecule has 296 valence electrons. The summed E-state index contributed by atoms with van der Waals surface area (Å²) in [6.07, 6.45) is 6.80. The van der Waals surface area contributed by atoms with E-state index in [4.69, 9.17) is 14.7 Å². The summed E-state index contributed by atoms with van der Waals surface area (Å²) in [5.74, 6) is 0.0107. The highest BCUT2D eigenvalue weighted by Gasteiger charge is 2.44. The first-order chi connectivity index (χ1) is 26.5. The minimum absolute atomic E-state index is 0.0262. The minimum Gasteiger partial charge on any atom is -0.392 e. The van der Waals surface area contributed by atoms with Crippen LogP contribution in [0.1, 0.15) is 120 Å². The van der Waals surface area contributed by atoms with Gasteiger partial charge >= 0.3 is 0 Å². The Morgan fingerprint density at radius 2 is 1.55 bits per heavy atom. The van der Waals surface area contributed by atoms with Gasteiger partial charge in [-0.15, -0.1) is 0 Å². The van der Waals surface area contributed by atoms with Crippen LogP contribution in [0.25, 0.3) is 11.1 Å². The Morgan fingerprint density at radius 1 is 0.818 bits per heavy atom. The Hall–Kier alpha value is -4.13. The first kappa shape index (κ1) is 40.5. The van der Waals surface area contributed by atoms with E-state index < -0.39 is 12.2 Å². The summed E-state index contributed by atoms with van der Waals surface area (Å²) in [4.78, 5) is 39.9. The lowest BCUT2D eigenvalue weighted by Gasteiger charge is -2.50. The number of aliphatic hydroxyl groups excluding tert-OH is 1. The normalized spacial score (nSPS) is 24.4. The first-order valence-corrected chi connectivity index (χ1v) is 20.0. The molecule has 2 heterocycles. The van der Waals surface area contributed by atoms with Crippen molar-refractivity contribution < 1.29 is 34.2 Å². The molecule has 0 radical (unpaired) electrons. The molecule has 6 atom stereocenters. The highest BCUT2D eigenvalue weighted by atomic mass is 16.7. The zero-order chi connectivity index (χ0) is 39.0. The molecule has 0 bridgehead atoms. The molecular weight excluding hydrogens is 697 g/mol. The molecule has 1 saturated carbocycles. The summed E-state index contributed by atoms with van der Waals surface area (Å²) in [6.45, 7) is 7.07. The number of piperidine rings is 1. The Morgan fingerprint density at radius 3 is 2.29 bits per heavy atom. The van der Waals surface area contributed by atoms with E-state index in [1.54, 1.807) is 5.48 Å². The zero-order valence-corrected chi connectivity index (χ0v) is 32.5. The van der Waals surface area contributed by atoms with Crippen LogP contribution in [0, 0.1) is 5.92 Å². The fourth-order valence-electron chi connectivity index (χ4n) is 8.48. The molecule has 11 nitrogen and oxygen atoms in total. The minimum atomic E-state index is -0.648. The summed E-state index contributed by atoms with van der Waals surface area (Å²) in [7, 11) is 0. The summed E-state index contributed by atoms with van der Waals surface area (Å²) >= 11 is 0. The molecule has 3 fully saturated rings. The second-order valence-electron chi connectivity index (χ2n) is 16.5. The van der Waals surface area contributed by atoms with Crippen LogP contribution in [-0.2, 0) is 37.0 Å². The molecule has 2 aliphatic heterocycles. The molecule has 3 aromatic rings. The monoisotopic (exact) mass is 754 g/mol. The zero-order valence-electron chi connectivity index (χ0n) is 32.5. The summed E-state index contributed by atoms with van der Waals surface area (Å²) < 4.78 is 13.7. The molecule has 55 heavy (non-hydrogen) atoms. The number of amides is 3. The molecule has 6 rings (SSSR count). The molecule has 6 unspecified atom stereocenters. The lowest BCUT2D eigenvalue weighted by atomic mass is 9.75. The highest BCUT2D eigenvalue weighted by Crippen LogP contribution is 2.42. The topological polar surface area (TPSA) is 149 Å². The Kier molecular flexibility index (Phi) is 13.8. The second kappa shape index (κ2) is 18.7. The molecular formula is C44H58N4O7. The maximum atomic E-state index is 13.8. The van der Waals surface area contributed by atoms with Crippen LogP contribution in [0.3, 0.4) is 0 Å². The quantitative estimate of drug-likeness (QED) is 0.0966. The van der Waals surface area contributed by atoms with Gasteiger partial charge in [-0.1, -0.05) is 73.5 Å². The highest BCUT2D eigenvalue weighted by molar-refractivity contribution is 5.82. The van der Waals surface area contributed by atoms with Gasteiger partial charge in [0.2, 0.25) is 17.7 Å². The van der Waals surface area contributed by atoms with Crippen LogP contribution in [0.2, 0.25) is 0 Å². The van der Waals surface area contributed by atoms with Crippen LogP contribution in [-0.4, -0.2) is 63.2 Å². The van der Waals surface area contributed by atoms with Gasteiger partial charge in [-0.3, -0.25) is 24.5 Å². The maximum Gasteiger partial charge on any atom is 0.243 e. The van der Waals surface area contributed by atoms with E-state index in [0.717, 1.165) is 52.6 Å². The number of nitrogens with zero attached hydrogens (tertiary/aromatic N) is 1. The largest absolute Gasteiger partial charge is 0.392 e. The molecule has 3 aromatic carbocycles. The summed E-state index contributed by atoms with van der Waals surface area (Å²) in [6, 6.07) is 24.3. The lowest BCUT2D eigenvalue weighted by molar-refractivity contribution is -0.255. The molecule has 11 heteroatoms. The Bertz CT molecular complexity index is 1760. The number of nitrogens with one attached hydrogen (secondary N) is 3. The van der Waals surface area contributed by atoms with Crippen molar-refractivity contribution in [3.05, 3.63) is 95.1 Å². The molecule has 3 aliphatic rings. The number of ether oxygens (including phenoxy) is 2. The number of rotatable bonds is 13. The fourth-order valence-corrected chi connectivity index (χ4v) is 8.48. The van der Waals surface area contributed by atoms with Gasteiger partial charge in [-0.25, -0.2) is 5.48 Å². The number of hydrogen-bond donors (Lipinski definition) is 5. The van der Waals surface area contributed by atoms with Crippen molar-refractivity contribution in [1.29, 1.82) is 0 Å². The van der Waals surface area contributed by atoms with Crippen molar-refractivity contribution in [1.82, 2.24) is 21.0 Å². The van der Waals surface area contributed by atoms with E-state index in [1.165, 1.54) is 19.3 Å². The van der Waals surface area contributed by atoms with Gasteiger partial charge in [0.15, 0.2) is 6.29 Å². The molecule has 0 aromatic heterocycles. The maximum absolute atomic E-state index is 13.8. The lowest BCUT2D eigenvalue weighted by Crippen LogP contribution is -2.61. The van der Waals surface area contributed by atoms with Gasteiger partial charge < -0.3 is 25.2 Å². The smallest absolute Gasteiger partial charge is 0.243 e. The van der Waals surface area contributed by atoms with Gasteiger partial charge in [0.1, 0.15) is 0 Å². The van der Waals surface area contributed by atoms with Crippen molar-refractivity contribution >= 4 is 17.7 Å². The number of carbonyl (C=O) groups excluding carboxylic acids is 3. The third kappa shape index (κ3) is 11.0. The second-order valence-corrected chi connectivity index (χ2v) is 16.5. The van der Waals surface area contributed by atoms with E-state index in [1.807, 2.05) is 81.4 Å². The average Bonchev–Trinajstić information content (AvgIpc) is 3.19. The number of likely N-dealkylation sites (tertiary alicyclic amines) is 1. The predicted octanol–water partition coefficient (Wildman–Crippen LogP) is 6.62. The predicted molar refractivity (Wildman–Crippen MR) is 209 cm³/mol. The number of aliphatic hydroxyl groups is 1. The molecule has 1 aliphatic carbocycles. The number of hydrogen-bond acceptors (Lipinski definition) is 8. The van der Waals surface area contributed by atoms with E-state index in [9.17, 15) is 19.5 Å². The molecule has 2 saturated heterocycles. The third-order valence-electron chi connectivity index (χ3n) is 11.2. The third-order valence-corrected chi connectivity index (χ3v) is 11.2. The fraction of sp³-hybridized carbons (Fsp3) is 0.523. The van der Waals surface area contributed by atoms with Crippen LogP contribution in [0.5, 0.6) is 0 Å². The average molecular weight is 755 g/mol. The summed E-state index contributed by atoms with van der Waals surface area (Å²) in [5, 5.41) is 24.6. The van der Waals surface area contributed by atoms with E-state index in [0.29, 0.717) is 37.9 Å². The van der Waals surface area contributed by atoms with E-state index in [2.05, 4.69) is 27.7 Å². The van der Waals surface area contributed by atoms with Gasteiger partial charge in [0.05, 0.1) is 24.9 Å². The Balaban J connectivity index is 1.22. The van der Waals surface area contributed by atoms with Crippen molar-refractivity contribution in [2.24, 2.45) is 5.92 Å². The van der Waals surface area contributed by atoms with Crippen molar-refractivity contribution in [2.45, 2.75) is 134 Å². The van der Waals surface area contributed by atoms with Gasteiger partial charge in [-0.05, 0) is 98.7 Å². The Labute approximate surface area is 325 Å². The number of benzene rings is 3. The van der Waals surface area contributed by atoms with Gasteiger partial charge in [0.25, 0.3) is 0 Å². The van der Waals surface area contributed by atoms with Crippen molar-refractivity contribution in [3.8, 4) is 11.1 Å². The van der Waals surface area contributed by atoms with Gasteiger partial charge in [0, 0.05) is 49.5 Å². The molecule has 3 amide bonds. The van der Waals surface area contributed by atoms with Crippen LogP contribution in [0.15, 0.2) is 72.8 Å². The summed E-state index contributed by atoms with van der Waals surface area (Å²) in [5.41, 5.74) is 6.93. The molecule has 0 spiro atoms. The van der Waals surface area contributed by atoms with E-state index in [-0.39, 0.29) is 55.1 Å². The first-order valence-electron chi connectivity index (χ1n) is 20.0. The number of fused-ring (bicyclic) bond motifs is 1. The van der Waals surface area contributed by atoms with Crippen LogP contribution >= 0.6 is 0 Å². The van der Waals surface area contributed by atoms with Crippen LogP contribution < -0.4 is 16.1 Å². The van der Waals surface area contributed by atoms with E-state index >= 15 is 0 Å². The number of hydroxylamine groups is 1. The van der Waals surface area contributed by atoms with Crippen molar-refractivity contribution in [3.63, 3.8) is 0 Å². The molecule has 5 N–H and O–H groups in total. The van der Waals surface area contributed by atoms with Gasteiger partial charge in [-0.2, -0.15) is 0 Å². The number of carbonyl (C=O) groups is 3. The SMILES string of the molecule is CC(C)(C)NC(=O)C1CCC2CCCCC2N1CC1CC(c2ccc(CO)cc2)OC(c2cccc(-c3cccc(CNC(=O)CCCC(=O)NO)c3)c2)O1.